The predicted molar refractivity (Wildman–Crippen MR) is 108 cm³/mol. The van der Waals surface area contributed by atoms with Gasteiger partial charge in [-0.15, -0.1) is 11.3 Å². The molecule has 0 unspecified atom stereocenters. The molecule has 0 aliphatic rings. The number of hydrogen-bond acceptors (Lipinski definition) is 8. The van der Waals surface area contributed by atoms with Gasteiger partial charge >= 0.3 is 0 Å². The summed E-state index contributed by atoms with van der Waals surface area (Å²) in [5.41, 5.74) is 3.14. The average molecular weight is 386 g/mol. The second kappa shape index (κ2) is 7.72. The van der Waals surface area contributed by atoms with Gasteiger partial charge in [-0.2, -0.15) is 5.26 Å². The van der Waals surface area contributed by atoms with E-state index < -0.39 is 0 Å². The van der Waals surface area contributed by atoms with E-state index in [0.29, 0.717) is 11.3 Å². The Kier molecular flexibility index (Phi) is 5.40. The van der Waals surface area contributed by atoms with Gasteiger partial charge in [0.15, 0.2) is 10.3 Å². The second-order valence-electron chi connectivity index (χ2n) is 5.84. The summed E-state index contributed by atoms with van der Waals surface area (Å²) in [5, 5.41) is 19.1. The van der Waals surface area contributed by atoms with Crippen molar-refractivity contribution in [3.05, 3.63) is 34.8 Å². The summed E-state index contributed by atoms with van der Waals surface area (Å²) in [6.07, 6.45) is 0.0372. The van der Waals surface area contributed by atoms with Crippen LogP contribution in [0.5, 0.6) is 5.75 Å². The molecule has 0 amide bonds. The minimum absolute atomic E-state index is 0.0372. The average Bonchev–Trinajstić information content (AvgIpc) is 3.22. The van der Waals surface area contributed by atoms with Crippen LogP contribution in [0, 0.1) is 18.3 Å². The summed E-state index contributed by atoms with van der Waals surface area (Å²) in [4.78, 5) is 10.2. The molecule has 1 aromatic carbocycles. The second-order valence-corrected chi connectivity index (χ2v) is 7.69. The lowest BCUT2D eigenvalue weighted by atomic mass is 10.2. The number of hydrogen-bond donors (Lipinski definition) is 2. The van der Waals surface area contributed by atoms with Crippen LogP contribution in [0.3, 0.4) is 0 Å². The van der Waals surface area contributed by atoms with Crippen molar-refractivity contribution in [3.63, 3.8) is 0 Å². The maximum atomic E-state index is 9.17. The van der Waals surface area contributed by atoms with Crippen molar-refractivity contribution >= 4 is 38.6 Å². The van der Waals surface area contributed by atoms with Gasteiger partial charge < -0.3 is 15.4 Å². The fourth-order valence-electron chi connectivity index (χ4n) is 2.35. The molecule has 0 bridgehead atoms. The number of nitriles is 1. The maximum Gasteiger partial charge on any atom is 0.187 e. The standard InChI is InChI=1S/C18H19N5OS2/c1-10(2)24-15-6-5-12(8-19)7-13(15)22-18-23-14(9-25-18)16-11(3)21-17(20-4)26-16/h5-7,9-10H,1-4H3,(H,20,21)(H,22,23). The van der Waals surface area contributed by atoms with E-state index in [-0.39, 0.29) is 6.10 Å². The van der Waals surface area contributed by atoms with E-state index in [0.717, 1.165) is 32.2 Å². The normalized spacial score (nSPS) is 10.6. The van der Waals surface area contributed by atoms with Gasteiger partial charge in [-0.25, -0.2) is 9.97 Å². The van der Waals surface area contributed by atoms with Crippen LogP contribution in [0.2, 0.25) is 0 Å². The third-order valence-corrected chi connectivity index (χ3v) is 5.42. The highest BCUT2D eigenvalue weighted by Gasteiger charge is 2.14. The summed E-state index contributed by atoms with van der Waals surface area (Å²) < 4.78 is 5.83. The molecule has 6 nitrogen and oxygen atoms in total. The van der Waals surface area contributed by atoms with Gasteiger partial charge in [-0.3, -0.25) is 0 Å². The smallest absolute Gasteiger partial charge is 0.187 e. The molecule has 0 fully saturated rings. The Bertz CT molecular complexity index is 955. The number of anilines is 3. The van der Waals surface area contributed by atoms with Crippen LogP contribution in [0.4, 0.5) is 16.0 Å². The highest BCUT2D eigenvalue weighted by atomic mass is 32.1. The van der Waals surface area contributed by atoms with E-state index in [1.807, 2.05) is 39.3 Å². The molecule has 3 aromatic rings. The summed E-state index contributed by atoms with van der Waals surface area (Å²) >= 11 is 3.08. The molecule has 134 valence electrons. The molecule has 0 radical (unpaired) electrons. The monoisotopic (exact) mass is 385 g/mol. The largest absolute Gasteiger partial charge is 0.489 e. The first-order chi connectivity index (χ1) is 12.5. The lowest BCUT2D eigenvalue weighted by molar-refractivity contribution is 0.244. The van der Waals surface area contributed by atoms with Crippen molar-refractivity contribution in [1.29, 1.82) is 5.26 Å². The number of rotatable bonds is 6. The van der Waals surface area contributed by atoms with Crippen LogP contribution in [-0.4, -0.2) is 23.1 Å². The topological polar surface area (TPSA) is 82.9 Å². The van der Waals surface area contributed by atoms with Crippen molar-refractivity contribution in [2.24, 2.45) is 0 Å². The molecular formula is C18H19N5OS2. The highest BCUT2D eigenvalue weighted by molar-refractivity contribution is 7.19. The lowest BCUT2D eigenvalue weighted by Crippen LogP contribution is -2.07. The van der Waals surface area contributed by atoms with E-state index in [9.17, 15) is 0 Å². The first-order valence-corrected chi connectivity index (χ1v) is 9.78. The molecule has 0 atom stereocenters. The molecular weight excluding hydrogens is 366 g/mol. The zero-order chi connectivity index (χ0) is 18.7. The Morgan fingerprint density at radius 3 is 2.69 bits per heavy atom. The van der Waals surface area contributed by atoms with Crippen molar-refractivity contribution < 1.29 is 4.74 Å². The van der Waals surface area contributed by atoms with Crippen molar-refractivity contribution in [2.75, 3.05) is 17.7 Å². The molecule has 0 aliphatic carbocycles. The molecule has 2 aromatic heterocycles. The molecule has 3 rings (SSSR count). The van der Waals surface area contributed by atoms with Gasteiger partial charge in [0.2, 0.25) is 0 Å². The zero-order valence-electron chi connectivity index (χ0n) is 15.0. The predicted octanol–water partition coefficient (Wildman–Crippen LogP) is 5.02. The van der Waals surface area contributed by atoms with E-state index in [1.165, 1.54) is 11.3 Å². The summed E-state index contributed by atoms with van der Waals surface area (Å²) in [6.45, 7) is 5.91. The highest BCUT2D eigenvalue weighted by Crippen LogP contribution is 2.36. The molecule has 2 heterocycles. The van der Waals surface area contributed by atoms with Gasteiger partial charge in [0.05, 0.1) is 39.7 Å². The molecule has 2 N–H and O–H groups in total. The third kappa shape index (κ3) is 3.95. The lowest BCUT2D eigenvalue weighted by Gasteiger charge is -2.14. The number of benzene rings is 1. The molecule has 8 heteroatoms. The van der Waals surface area contributed by atoms with Crippen LogP contribution in [0.1, 0.15) is 25.1 Å². The Labute approximate surface area is 160 Å². The van der Waals surface area contributed by atoms with Crippen LogP contribution in [0.15, 0.2) is 23.6 Å². The van der Waals surface area contributed by atoms with Crippen molar-refractivity contribution in [1.82, 2.24) is 9.97 Å². The first-order valence-electron chi connectivity index (χ1n) is 8.09. The van der Waals surface area contributed by atoms with Crippen LogP contribution >= 0.6 is 22.7 Å². The van der Waals surface area contributed by atoms with Crippen molar-refractivity contribution in [3.8, 4) is 22.4 Å². The molecule has 0 aliphatic heterocycles. The maximum absolute atomic E-state index is 9.17. The summed E-state index contributed by atoms with van der Waals surface area (Å²) in [6, 6.07) is 7.48. The number of thiazole rings is 2. The number of nitrogens with zero attached hydrogens (tertiary/aromatic N) is 3. The van der Waals surface area contributed by atoms with Gasteiger partial charge in [-0.05, 0) is 39.0 Å². The van der Waals surface area contributed by atoms with E-state index in [2.05, 4.69) is 26.7 Å². The fourth-order valence-corrected chi connectivity index (χ4v) is 4.01. The van der Waals surface area contributed by atoms with Gasteiger partial charge in [0.25, 0.3) is 0 Å². The van der Waals surface area contributed by atoms with Gasteiger partial charge in [0, 0.05) is 12.4 Å². The van der Waals surface area contributed by atoms with Crippen LogP contribution in [0.25, 0.3) is 10.6 Å². The Morgan fingerprint density at radius 2 is 2.04 bits per heavy atom. The minimum atomic E-state index is 0.0372. The first kappa shape index (κ1) is 18.2. The van der Waals surface area contributed by atoms with Gasteiger partial charge in [0.1, 0.15) is 5.75 Å². The molecule has 26 heavy (non-hydrogen) atoms. The van der Waals surface area contributed by atoms with E-state index >= 15 is 0 Å². The summed E-state index contributed by atoms with van der Waals surface area (Å²) in [7, 11) is 1.86. The molecule has 0 saturated carbocycles. The number of nitrogens with one attached hydrogen (secondary N) is 2. The molecule has 0 spiro atoms. The van der Waals surface area contributed by atoms with E-state index in [1.54, 1.807) is 23.5 Å². The number of aryl methyl sites for hydroxylation is 1. The summed E-state index contributed by atoms with van der Waals surface area (Å²) in [5.74, 6) is 0.696. The van der Waals surface area contributed by atoms with Crippen LogP contribution in [-0.2, 0) is 0 Å². The third-order valence-electron chi connectivity index (χ3n) is 3.46. The Morgan fingerprint density at radius 1 is 1.23 bits per heavy atom. The Hall–Kier alpha value is -2.63. The van der Waals surface area contributed by atoms with Gasteiger partial charge in [-0.1, -0.05) is 11.3 Å². The van der Waals surface area contributed by atoms with E-state index in [4.69, 9.17) is 10.00 Å². The van der Waals surface area contributed by atoms with Crippen molar-refractivity contribution in [2.45, 2.75) is 26.9 Å². The quantitative estimate of drug-likeness (QED) is 0.620. The zero-order valence-corrected chi connectivity index (χ0v) is 16.6. The van der Waals surface area contributed by atoms with Crippen LogP contribution < -0.4 is 15.4 Å². The number of ether oxygens (including phenoxy) is 1. The SMILES string of the molecule is CNc1nc(C)c(-c2csc(Nc3cc(C#N)ccc3OC(C)C)n2)s1. The minimum Gasteiger partial charge on any atom is -0.489 e. The number of aromatic nitrogens is 2. The fraction of sp³-hybridized carbons (Fsp3) is 0.278. The molecule has 0 saturated heterocycles. The Balaban J connectivity index is 1.89.